The number of hydrogen-bond acceptors (Lipinski definition) is 0. The topological polar surface area (TPSA) is 0 Å². The number of aryl methyl sites for hydroxylation is 1. The molecule has 1 aliphatic carbocycles. The van der Waals surface area contributed by atoms with E-state index in [4.69, 9.17) is 0 Å². The first-order valence-electron chi connectivity index (χ1n) is 11.3. The maximum absolute atomic E-state index is 2.33. The molecular weight excluding hydrogens is 476 g/mol. The van der Waals surface area contributed by atoms with Gasteiger partial charge in [0.1, 0.15) is 0 Å². The first-order chi connectivity index (χ1) is 16.2. The second-order valence-corrected chi connectivity index (χ2v) is 9.67. The number of hydrogen-bond donors (Lipinski definition) is 0. The summed E-state index contributed by atoms with van der Waals surface area (Å²) < 4.78 is 1.42. The summed E-state index contributed by atoms with van der Waals surface area (Å²) in [6.07, 6.45) is 7.68. The van der Waals surface area contributed by atoms with Gasteiger partial charge in [-0.25, -0.2) is 0 Å². The van der Waals surface area contributed by atoms with Crippen molar-refractivity contribution in [1.82, 2.24) is 0 Å². The first kappa shape index (κ1) is 21.8. The van der Waals surface area contributed by atoms with Crippen molar-refractivity contribution in [3.05, 3.63) is 144 Å². The van der Waals surface area contributed by atoms with Gasteiger partial charge in [0.15, 0.2) is 0 Å². The third-order valence-electron chi connectivity index (χ3n) is 6.12. The summed E-state index contributed by atoms with van der Waals surface area (Å²) in [7, 11) is 0. The molecule has 6 rings (SSSR count). The second-order valence-electron chi connectivity index (χ2n) is 8.44. The van der Waals surface area contributed by atoms with E-state index in [2.05, 4.69) is 128 Å². The van der Waals surface area contributed by atoms with Crippen LogP contribution in [0.4, 0.5) is 0 Å². The van der Waals surface area contributed by atoms with Crippen LogP contribution in [0.5, 0.6) is 0 Å². The van der Waals surface area contributed by atoms with E-state index in [9.17, 15) is 0 Å². The average Bonchev–Trinajstić information content (AvgIpc) is 3.53. The van der Waals surface area contributed by atoms with Crippen LogP contribution in [0.15, 0.2) is 121 Å². The zero-order valence-electron chi connectivity index (χ0n) is 18.8. The van der Waals surface area contributed by atoms with Crippen LogP contribution in [-0.4, -0.2) is 3.21 Å². The van der Waals surface area contributed by atoms with Crippen LogP contribution < -0.4 is 0 Å². The third kappa shape index (κ3) is 4.70. The number of rotatable bonds is 3. The van der Waals surface area contributed by atoms with Crippen molar-refractivity contribution in [3.8, 4) is 0 Å². The number of benzene rings is 4. The molecule has 0 spiro atoms. The summed E-state index contributed by atoms with van der Waals surface area (Å²) in [5, 5.41) is 5.49. The Labute approximate surface area is 210 Å². The predicted molar refractivity (Wildman–Crippen MR) is 140 cm³/mol. The minimum absolute atomic E-state index is 1.06. The van der Waals surface area contributed by atoms with E-state index in [0.29, 0.717) is 0 Å². The molecule has 0 nitrogen and oxygen atoms in total. The average molecular weight is 501 g/mol. The molecule has 0 aromatic heterocycles. The van der Waals surface area contributed by atoms with E-state index in [1.54, 1.807) is 0 Å². The van der Waals surface area contributed by atoms with Crippen molar-refractivity contribution in [1.29, 1.82) is 0 Å². The van der Waals surface area contributed by atoms with E-state index < -0.39 is 0 Å². The van der Waals surface area contributed by atoms with E-state index in [-0.39, 0.29) is 0 Å². The van der Waals surface area contributed by atoms with Crippen LogP contribution in [-0.2, 0) is 24.2 Å². The molecule has 0 saturated heterocycles. The summed E-state index contributed by atoms with van der Waals surface area (Å²) in [6.45, 7) is 2.19. The van der Waals surface area contributed by atoms with Crippen molar-refractivity contribution < 1.29 is 24.2 Å². The maximum atomic E-state index is 2.33. The van der Waals surface area contributed by atoms with Crippen molar-refractivity contribution >= 4 is 30.3 Å². The Balaban J connectivity index is 0.000000146. The molecule has 0 N–H and O–H groups in total. The molecule has 0 fully saturated rings. The van der Waals surface area contributed by atoms with Crippen molar-refractivity contribution in [3.63, 3.8) is 0 Å². The summed E-state index contributed by atoms with van der Waals surface area (Å²) in [6, 6.07) is 36.7. The van der Waals surface area contributed by atoms with Gasteiger partial charge in [-0.05, 0) is 13.3 Å². The summed E-state index contributed by atoms with van der Waals surface area (Å²) in [5.41, 5.74) is 6.83. The molecule has 33 heavy (non-hydrogen) atoms. The van der Waals surface area contributed by atoms with E-state index in [1.807, 2.05) is 0 Å². The molecule has 1 heteroatoms. The molecule has 0 radical (unpaired) electrons. The molecule has 5 aromatic carbocycles. The summed E-state index contributed by atoms with van der Waals surface area (Å²) in [4.78, 5) is 0. The van der Waals surface area contributed by atoms with Gasteiger partial charge < -0.3 is 0 Å². The zero-order valence-corrected chi connectivity index (χ0v) is 21.2. The van der Waals surface area contributed by atoms with Crippen LogP contribution in [0.2, 0.25) is 0 Å². The Kier molecular flexibility index (Phi) is 6.51. The minimum atomic E-state index is 1.06. The molecule has 0 amide bonds. The number of fused-ring (bicyclic) bond motifs is 3. The predicted octanol–water partition coefficient (Wildman–Crippen LogP) is 8.17. The summed E-state index contributed by atoms with van der Waals surface area (Å²) in [5.74, 6) is 0. The van der Waals surface area contributed by atoms with Gasteiger partial charge >= 0.3 is 99.2 Å². The van der Waals surface area contributed by atoms with Crippen LogP contribution in [0.25, 0.3) is 27.1 Å². The fourth-order valence-corrected chi connectivity index (χ4v) is 5.31. The van der Waals surface area contributed by atoms with Gasteiger partial charge in [-0.15, -0.1) is 33.7 Å². The van der Waals surface area contributed by atoms with Crippen molar-refractivity contribution in [2.75, 3.05) is 0 Å². The molecule has 0 heterocycles. The molecule has 5 aromatic rings. The SMILES string of the molecule is Cc1cc(C2=CC=CC2)c2[cH-]c3ccccc3c2c1.[Zr]=[C](c1ccccc1)c1ccccc1. The molecule has 0 atom stereocenters. The van der Waals surface area contributed by atoms with Gasteiger partial charge in [0.25, 0.3) is 0 Å². The van der Waals surface area contributed by atoms with E-state index >= 15 is 0 Å². The fourth-order valence-electron chi connectivity index (χ4n) is 4.49. The Morgan fingerprint density at radius 2 is 1.39 bits per heavy atom. The third-order valence-corrected chi connectivity index (χ3v) is 7.54. The van der Waals surface area contributed by atoms with Gasteiger partial charge in [-0.1, -0.05) is 65.3 Å². The molecule has 0 aliphatic heterocycles. The molecule has 0 unspecified atom stereocenters. The normalized spacial score (nSPS) is 12.4. The second kappa shape index (κ2) is 9.86. The Morgan fingerprint density at radius 1 is 0.758 bits per heavy atom. The van der Waals surface area contributed by atoms with Gasteiger partial charge in [0.2, 0.25) is 0 Å². The van der Waals surface area contributed by atoms with Crippen LogP contribution in [0, 0.1) is 6.92 Å². The molecule has 158 valence electrons. The Morgan fingerprint density at radius 3 is 2.03 bits per heavy atom. The molecule has 0 saturated carbocycles. The van der Waals surface area contributed by atoms with Gasteiger partial charge in [-0.2, -0.15) is 0 Å². The molecule has 0 bridgehead atoms. The first-order valence-corrected chi connectivity index (χ1v) is 12.6. The quantitative estimate of drug-likeness (QED) is 0.219. The van der Waals surface area contributed by atoms with Crippen LogP contribution in [0.1, 0.15) is 28.7 Å². The van der Waals surface area contributed by atoms with Gasteiger partial charge in [0, 0.05) is 0 Å². The summed E-state index contributed by atoms with van der Waals surface area (Å²) >= 11 is 1.46. The number of allylic oxidation sites excluding steroid dienone is 4. The Hall–Kier alpha value is -3.02. The van der Waals surface area contributed by atoms with Gasteiger partial charge in [0.05, 0.1) is 0 Å². The fraction of sp³-hybridized carbons (Fsp3) is 0.0625. The molecular formula is C32H25Zr-. The monoisotopic (exact) mass is 499 g/mol. The van der Waals surface area contributed by atoms with Crippen molar-refractivity contribution in [2.45, 2.75) is 13.3 Å². The zero-order chi connectivity index (χ0) is 22.6. The molecule has 1 aliphatic rings. The standard InChI is InChI=1S/C19H15.C13H10.Zr/c1-13-10-17(14-6-2-3-7-14)19-12-15-8-4-5-9-16(15)18(19)11-13;1-3-7-12(8-4-1)11-13-9-5-2-6-10-13;/h2-6,8-12H,7H2,1H3;1-10H;/q-1;;. The van der Waals surface area contributed by atoms with Crippen LogP contribution >= 0.6 is 0 Å². The van der Waals surface area contributed by atoms with E-state index in [1.165, 1.54) is 76.8 Å². The van der Waals surface area contributed by atoms with E-state index in [0.717, 1.165) is 6.42 Å². The van der Waals surface area contributed by atoms with Crippen LogP contribution in [0.3, 0.4) is 0 Å². The van der Waals surface area contributed by atoms with Gasteiger partial charge in [-0.3, -0.25) is 0 Å². The Bertz CT molecular complexity index is 1440. The van der Waals surface area contributed by atoms with Crippen molar-refractivity contribution in [2.24, 2.45) is 0 Å².